The predicted molar refractivity (Wildman–Crippen MR) is 321 cm³/mol. The van der Waals surface area contributed by atoms with Gasteiger partial charge < -0.3 is 14.2 Å². The van der Waals surface area contributed by atoms with Gasteiger partial charge in [-0.2, -0.15) is 0 Å². The fraction of sp³-hybridized carbons (Fsp3) is 0.750. The highest BCUT2D eigenvalue weighted by atomic mass is 16.6. The molecule has 0 spiro atoms. The fourth-order valence-electron chi connectivity index (χ4n) is 8.87. The van der Waals surface area contributed by atoms with Crippen molar-refractivity contribution < 1.29 is 28.6 Å². The van der Waals surface area contributed by atoms with Crippen molar-refractivity contribution in [2.45, 2.75) is 316 Å². The van der Waals surface area contributed by atoms with Crippen LogP contribution in [0.3, 0.4) is 0 Å². The maximum atomic E-state index is 12.9. The van der Waals surface area contributed by atoms with E-state index in [9.17, 15) is 14.4 Å². The third kappa shape index (κ3) is 59.5. The van der Waals surface area contributed by atoms with Crippen molar-refractivity contribution in [2.75, 3.05) is 13.2 Å². The molecule has 0 aliphatic heterocycles. The highest BCUT2D eigenvalue weighted by Gasteiger charge is 2.19. The van der Waals surface area contributed by atoms with Crippen LogP contribution in [0.1, 0.15) is 310 Å². The van der Waals surface area contributed by atoms with Gasteiger partial charge in [0.05, 0.1) is 0 Å². The summed E-state index contributed by atoms with van der Waals surface area (Å²) in [6, 6.07) is 0. The molecule has 1 atom stereocenters. The smallest absolute Gasteiger partial charge is 0.306 e. The average Bonchev–Trinajstić information content (AvgIpc) is 3.40. The van der Waals surface area contributed by atoms with E-state index in [4.69, 9.17) is 14.2 Å². The zero-order valence-corrected chi connectivity index (χ0v) is 48.8. The molecule has 0 aromatic heterocycles. The molecule has 0 bridgehead atoms. The number of rotatable bonds is 57. The van der Waals surface area contributed by atoms with Crippen molar-refractivity contribution in [2.24, 2.45) is 0 Å². The molecule has 0 aliphatic carbocycles. The van der Waals surface area contributed by atoms with Crippen molar-refractivity contribution in [1.82, 2.24) is 0 Å². The van der Waals surface area contributed by atoms with Crippen LogP contribution in [-0.4, -0.2) is 37.2 Å². The number of hydrogen-bond donors (Lipinski definition) is 0. The van der Waals surface area contributed by atoms with Gasteiger partial charge in [0.15, 0.2) is 6.10 Å². The molecule has 6 heteroatoms. The van der Waals surface area contributed by atoms with E-state index in [-0.39, 0.29) is 31.1 Å². The number of carbonyl (C=O) groups excluding carboxylic acids is 3. The first-order chi connectivity index (χ1) is 36.5. The maximum absolute atomic E-state index is 12.9. The third-order valence-electron chi connectivity index (χ3n) is 13.6. The Balaban J connectivity index is 4.32. The SMILES string of the molecule is CC/C=C\C/C=C\C/C=C\CCCCCC(=O)OCC(COC(=O)CCCCCCCCCCCCCCC/C=C\C/C=C\CCCCCCC)OC(=O)CCCCCCCCC/C=C\C/C=C\CCCCCC. The van der Waals surface area contributed by atoms with Gasteiger partial charge in [-0.15, -0.1) is 0 Å². The van der Waals surface area contributed by atoms with Crippen LogP contribution in [0.2, 0.25) is 0 Å². The summed E-state index contributed by atoms with van der Waals surface area (Å²) in [6.45, 7) is 6.49. The molecule has 0 aromatic rings. The number of ether oxygens (including phenoxy) is 3. The summed E-state index contributed by atoms with van der Waals surface area (Å²) in [6.07, 6.45) is 81.6. The Labute approximate surface area is 458 Å². The first-order valence-electron chi connectivity index (χ1n) is 31.6. The van der Waals surface area contributed by atoms with Gasteiger partial charge in [0.1, 0.15) is 13.2 Å². The Hall–Kier alpha value is -3.41. The first-order valence-corrected chi connectivity index (χ1v) is 31.6. The predicted octanol–water partition coefficient (Wildman–Crippen LogP) is 21.5. The number of unbranched alkanes of at least 4 members (excludes halogenated alkanes) is 32. The van der Waals surface area contributed by atoms with Crippen LogP contribution in [0, 0.1) is 0 Å². The lowest BCUT2D eigenvalue weighted by atomic mass is 10.0. The molecule has 0 fully saturated rings. The van der Waals surface area contributed by atoms with Crippen LogP contribution in [0.15, 0.2) is 85.1 Å². The van der Waals surface area contributed by atoms with E-state index >= 15 is 0 Å². The Morgan fingerprint density at radius 2 is 0.527 bits per heavy atom. The standard InChI is InChI=1S/C68H118O6/c1-4-7-10-13-16-19-22-25-27-29-31-32-33-34-35-36-37-39-40-43-46-49-52-55-58-61-67(70)73-64-65(63-72-66(69)60-57-54-51-48-45-42-24-21-18-15-12-9-6-3)74-68(71)62-59-56-53-50-47-44-41-38-30-28-26-23-20-17-14-11-8-5-2/h9,12,18,20-23,25,28-31,42,45,65H,4-8,10-11,13-17,19,24,26-27,32-41,43-44,46-64H2,1-3H3/b12-9-,21-18-,23-20-,25-22-,30-28-,31-29-,45-42-. The molecule has 6 nitrogen and oxygen atoms in total. The Bertz CT molecular complexity index is 1420. The van der Waals surface area contributed by atoms with E-state index in [0.29, 0.717) is 19.3 Å². The zero-order chi connectivity index (χ0) is 53.6. The minimum atomic E-state index is -0.794. The summed E-state index contributed by atoms with van der Waals surface area (Å²) in [4.78, 5) is 38.3. The van der Waals surface area contributed by atoms with E-state index in [1.165, 1.54) is 167 Å². The summed E-state index contributed by atoms with van der Waals surface area (Å²) in [5.41, 5.74) is 0. The van der Waals surface area contributed by atoms with Gasteiger partial charge in [-0.3, -0.25) is 14.4 Å². The molecule has 0 radical (unpaired) electrons. The molecule has 0 aliphatic rings. The second kappa shape index (κ2) is 62.1. The van der Waals surface area contributed by atoms with Gasteiger partial charge in [-0.1, -0.05) is 260 Å². The largest absolute Gasteiger partial charge is 0.462 e. The van der Waals surface area contributed by atoms with Gasteiger partial charge >= 0.3 is 17.9 Å². The molecule has 0 amide bonds. The van der Waals surface area contributed by atoms with E-state index in [2.05, 4.69) is 106 Å². The molecular weight excluding hydrogens is 913 g/mol. The van der Waals surface area contributed by atoms with Crippen molar-refractivity contribution in [1.29, 1.82) is 0 Å². The van der Waals surface area contributed by atoms with Gasteiger partial charge in [0.2, 0.25) is 0 Å². The minimum Gasteiger partial charge on any atom is -0.462 e. The fourth-order valence-corrected chi connectivity index (χ4v) is 8.87. The average molecular weight is 1030 g/mol. The van der Waals surface area contributed by atoms with Crippen molar-refractivity contribution >= 4 is 17.9 Å². The molecule has 74 heavy (non-hydrogen) atoms. The lowest BCUT2D eigenvalue weighted by Crippen LogP contribution is -2.30. The van der Waals surface area contributed by atoms with Crippen molar-refractivity contribution in [3.8, 4) is 0 Å². The second-order valence-corrected chi connectivity index (χ2v) is 20.9. The molecule has 0 N–H and O–H groups in total. The van der Waals surface area contributed by atoms with Gasteiger partial charge in [-0.25, -0.2) is 0 Å². The van der Waals surface area contributed by atoms with Gasteiger partial charge in [0, 0.05) is 19.3 Å². The Morgan fingerprint density at radius 3 is 0.851 bits per heavy atom. The summed E-state index contributed by atoms with van der Waals surface area (Å²) in [5, 5.41) is 0. The molecule has 0 rings (SSSR count). The molecule has 0 saturated heterocycles. The van der Waals surface area contributed by atoms with E-state index < -0.39 is 6.10 Å². The molecule has 426 valence electrons. The van der Waals surface area contributed by atoms with E-state index in [0.717, 1.165) is 103 Å². The lowest BCUT2D eigenvalue weighted by molar-refractivity contribution is -0.167. The quantitative estimate of drug-likeness (QED) is 0.0261. The van der Waals surface area contributed by atoms with Crippen LogP contribution >= 0.6 is 0 Å². The summed E-state index contributed by atoms with van der Waals surface area (Å²) in [7, 11) is 0. The van der Waals surface area contributed by atoms with E-state index in [1.54, 1.807) is 0 Å². The summed E-state index contributed by atoms with van der Waals surface area (Å²) >= 11 is 0. The number of allylic oxidation sites excluding steroid dienone is 14. The van der Waals surface area contributed by atoms with Crippen LogP contribution in [0.4, 0.5) is 0 Å². The Morgan fingerprint density at radius 1 is 0.284 bits per heavy atom. The molecule has 0 heterocycles. The number of carbonyl (C=O) groups is 3. The van der Waals surface area contributed by atoms with E-state index in [1.807, 2.05) is 0 Å². The highest BCUT2D eigenvalue weighted by molar-refractivity contribution is 5.71. The maximum Gasteiger partial charge on any atom is 0.306 e. The number of esters is 3. The zero-order valence-electron chi connectivity index (χ0n) is 48.8. The summed E-state index contributed by atoms with van der Waals surface area (Å²) in [5.74, 6) is -0.918. The van der Waals surface area contributed by atoms with Gasteiger partial charge in [-0.05, 0) is 116 Å². The Kier molecular flexibility index (Phi) is 59.3. The third-order valence-corrected chi connectivity index (χ3v) is 13.6. The van der Waals surface area contributed by atoms with Gasteiger partial charge in [0.25, 0.3) is 0 Å². The molecule has 0 aromatic carbocycles. The number of hydrogen-bond acceptors (Lipinski definition) is 6. The molecule has 0 saturated carbocycles. The topological polar surface area (TPSA) is 78.9 Å². The van der Waals surface area contributed by atoms with Crippen LogP contribution in [-0.2, 0) is 28.6 Å². The van der Waals surface area contributed by atoms with Crippen LogP contribution in [0.25, 0.3) is 0 Å². The van der Waals surface area contributed by atoms with Crippen LogP contribution in [0.5, 0.6) is 0 Å². The molecular formula is C68H118O6. The first kappa shape index (κ1) is 70.6. The second-order valence-electron chi connectivity index (χ2n) is 20.9. The van der Waals surface area contributed by atoms with Crippen molar-refractivity contribution in [3.63, 3.8) is 0 Å². The minimum absolute atomic E-state index is 0.0887. The monoisotopic (exact) mass is 1030 g/mol. The highest BCUT2D eigenvalue weighted by Crippen LogP contribution is 2.16. The normalized spacial score (nSPS) is 12.6. The van der Waals surface area contributed by atoms with Crippen molar-refractivity contribution in [3.05, 3.63) is 85.1 Å². The lowest BCUT2D eigenvalue weighted by Gasteiger charge is -2.18. The van der Waals surface area contributed by atoms with Crippen LogP contribution < -0.4 is 0 Å². The summed E-state index contributed by atoms with van der Waals surface area (Å²) < 4.78 is 16.9. The molecule has 1 unspecified atom stereocenters.